The lowest BCUT2D eigenvalue weighted by Gasteiger charge is -2.24. The molecule has 0 unspecified atom stereocenters. The van der Waals surface area contributed by atoms with Crippen LogP contribution in [0, 0.1) is 0 Å². The molecule has 0 aromatic heterocycles. The van der Waals surface area contributed by atoms with Crippen molar-refractivity contribution < 1.29 is 13.2 Å². The van der Waals surface area contributed by atoms with E-state index in [2.05, 4.69) is 4.72 Å². The summed E-state index contributed by atoms with van der Waals surface area (Å²) in [4.78, 5) is 14.8. The lowest BCUT2D eigenvalue weighted by Crippen LogP contribution is -2.48. The van der Waals surface area contributed by atoms with Crippen LogP contribution in [0.3, 0.4) is 0 Å². The Balaban J connectivity index is 1.84. The molecule has 1 aliphatic rings. The molecule has 1 saturated heterocycles. The summed E-state index contributed by atoms with van der Waals surface area (Å²) in [7, 11) is -3.75. The van der Waals surface area contributed by atoms with Crippen LogP contribution < -0.4 is 4.72 Å². The highest BCUT2D eigenvalue weighted by Crippen LogP contribution is 2.15. The number of likely N-dealkylation sites (tertiary alicyclic amines) is 1. The van der Waals surface area contributed by atoms with E-state index in [1.54, 1.807) is 23.1 Å². The van der Waals surface area contributed by atoms with Gasteiger partial charge < -0.3 is 4.90 Å². The summed E-state index contributed by atoms with van der Waals surface area (Å²) < 4.78 is 28.0. The SMILES string of the molecule is O=C([C@H](Cc1ccccc1)NS(=O)(=O)c1ccccc1)N1CCCC1. The Kier molecular flexibility index (Phi) is 5.50. The molecule has 5 nitrogen and oxygen atoms in total. The number of carbonyl (C=O) groups is 1. The third-order valence-corrected chi connectivity index (χ3v) is 5.84. The summed E-state index contributed by atoms with van der Waals surface area (Å²) in [5.74, 6) is -0.152. The average Bonchev–Trinajstić information content (AvgIpc) is 3.17. The molecule has 25 heavy (non-hydrogen) atoms. The molecule has 3 rings (SSSR count). The van der Waals surface area contributed by atoms with Gasteiger partial charge in [0.15, 0.2) is 0 Å². The predicted molar refractivity (Wildman–Crippen MR) is 96.5 cm³/mol. The van der Waals surface area contributed by atoms with Crippen molar-refractivity contribution in [1.82, 2.24) is 9.62 Å². The van der Waals surface area contributed by atoms with Crippen LogP contribution in [0.4, 0.5) is 0 Å². The maximum atomic E-state index is 12.9. The van der Waals surface area contributed by atoms with Crippen LogP contribution in [0.2, 0.25) is 0 Å². The fourth-order valence-electron chi connectivity index (χ4n) is 3.04. The molecule has 1 aliphatic heterocycles. The van der Waals surface area contributed by atoms with Gasteiger partial charge in [0, 0.05) is 13.1 Å². The lowest BCUT2D eigenvalue weighted by atomic mass is 10.1. The van der Waals surface area contributed by atoms with E-state index in [0.717, 1.165) is 18.4 Å². The van der Waals surface area contributed by atoms with E-state index in [1.807, 2.05) is 30.3 Å². The number of benzene rings is 2. The minimum Gasteiger partial charge on any atom is -0.341 e. The van der Waals surface area contributed by atoms with Gasteiger partial charge in [0.2, 0.25) is 15.9 Å². The fourth-order valence-corrected chi connectivity index (χ4v) is 4.25. The number of carbonyl (C=O) groups excluding carboxylic acids is 1. The Morgan fingerprint density at radius 2 is 1.52 bits per heavy atom. The Hall–Kier alpha value is -2.18. The van der Waals surface area contributed by atoms with Crippen LogP contribution in [0.15, 0.2) is 65.6 Å². The van der Waals surface area contributed by atoms with Gasteiger partial charge in [-0.1, -0.05) is 48.5 Å². The van der Waals surface area contributed by atoms with Gasteiger partial charge in [-0.15, -0.1) is 0 Å². The van der Waals surface area contributed by atoms with Gasteiger partial charge in [-0.25, -0.2) is 8.42 Å². The van der Waals surface area contributed by atoms with Crippen LogP contribution in [0.25, 0.3) is 0 Å². The molecule has 0 radical (unpaired) electrons. The van der Waals surface area contributed by atoms with Crippen molar-refractivity contribution in [3.05, 3.63) is 66.2 Å². The molecule has 0 spiro atoms. The average molecular weight is 358 g/mol. The standard InChI is InChI=1S/C19H22N2O3S/c22-19(21-13-7-8-14-21)18(15-16-9-3-1-4-10-16)20-25(23,24)17-11-5-2-6-12-17/h1-6,9-12,18,20H,7-8,13-15H2/t18-/m0/s1. The maximum Gasteiger partial charge on any atom is 0.241 e. The molecule has 2 aromatic carbocycles. The monoisotopic (exact) mass is 358 g/mol. The molecule has 1 atom stereocenters. The first-order chi connectivity index (χ1) is 12.1. The van der Waals surface area contributed by atoms with Crippen molar-refractivity contribution in [3.8, 4) is 0 Å². The summed E-state index contributed by atoms with van der Waals surface area (Å²) in [5, 5.41) is 0. The molecule has 1 amide bonds. The minimum absolute atomic E-state index is 0.152. The van der Waals surface area contributed by atoms with E-state index in [0.29, 0.717) is 19.5 Å². The van der Waals surface area contributed by atoms with Crippen LogP contribution in [0.5, 0.6) is 0 Å². The zero-order valence-electron chi connectivity index (χ0n) is 14.0. The van der Waals surface area contributed by atoms with Gasteiger partial charge in [-0.05, 0) is 37.0 Å². The molecule has 2 aromatic rings. The van der Waals surface area contributed by atoms with Crippen LogP contribution in [-0.2, 0) is 21.2 Å². The van der Waals surface area contributed by atoms with E-state index < -0.39 is 16.1 Å². The number of amides is 1. The zero-order valence-corrected chi connectivity index (χ0v) is 14.8. The first kappa shape index (κ1) is 17.6. The summed E-state index contributed by atoms with van der Waals surface area (Å²) >= 11 is 0. The molecule has 132 valence electrons. The summed E-state index contributed by atoms with van der Waals surface area (Å²) in [6, 6.07) is 16.8. The molecule has 1 heterocycles. The number of sulfonamides is 1. The van der Waals surface area contributed by atoms with Crippen molar-refractivity contribution >= 4 is 15.9 Å². The summed E-state index contributed by atoms with van der Waals surface area (Å²) in [5.41, 5.74) is 0.927. The van der Waals surface area contributed by atoms with Crippen molar-refractivity contribution in [2.24, 2.45) is 0 Å². The second-order valence-corrected chi connectivity index (χ2v) is 7.92. The van der Waals surface area contributed by atoms with Crippen molar-refractivity contribution in [1.29, 1.82) is 0 Å². The van der Waals surface area contributed by atoms with Crippen molar-refractivity contribution in [3.63, 3.8) is 0 Å². The third-order valence-electron chi connectivity index (χ3n) is 4.35. The largest absolute Gasteiger partial charge is 0.341 e. The maximum absolute atomic E-state index is 12.9. The van der Waals surface area contributed by atoms with Crippen molar-refractivity contribution in [2.45, 2.75) is 30.2 Å². The summed E-state index contributed by atoms with van der Waals surface area (Å²) in [6.07, 6.45) is 2.27. The zero-order chi connectivity index (χ0) is 17.7. The second-order valence-electron chi connectivity index (χ2n) is 6.21. The smallest absolute Gasteiger partial charge is 0.241 e. The second kappa shape index (κ2) is 7.80. The molecule has 1 N–H and O–H groups in total. The Morgan fingerprint density at radius 1 is 0.960 bits per heavy atom. The number of hydrogen-bond donors (Lipinski definition) is 1. The minimum atomic E-state index is -3.75. The van der Waals surface area contributed by atoms with Crippen LogP contribution in [-0.4, -0.2) is 38.4 Å². The molecule has 1 fully saturated rings. The van der Waals surface area contributed by atoms with E-state index in [-0.39, 0.29) is 10.8 Å². The van der Waals surface area contributed by atoms with Gasteiger partial charge in [0.25, 0.3) is 0 Å². The van der Waals surface area contributed by atoms with E-state index in [1.165, 1.54) is 12.1 Å². The number of rotatable bonds is 6. The molecule has 0 aliphatic carbocycles. The van der Waals surface area contributed by atoms with Crippen molar-refractivity contribution in [2.75, 3.05) is 13.1 Å². The Bertz CT molecular complexity index is 801. The molecular weight excluding hydrogens is 336 g/mol. The highest BCUT2D eigenvalue weighted by Gasteiger charge is 2.30. The number of nitrogens with zero attached hydrogens (tertiary/aromatic N) is 1. The highest BCUT2D eigenvalue weighted by molar-refractivity contribution is 7.89. The number of nitrogens with one attached hydrogen (secondary N) is 1. The van der Waals surface area contributed by atoms with Gasteiger partial charge in [0.05, 0.1) is 4.90 Å². The molecule has 0 bridgehead atoms. The molecule has 6 heteroatoms. The van der Waals surface area contributed by atoms with E-state index >= 15 is 0 Å². The normalized spacial score (nSPS) is 15.9. The van der Waals surface area contributed by atoms with Gasteiger partial charge in [0.1, 0.15) is 6.04 Å². The lowest BCUT2D eigenvalue weighted by molar-refractivity contribution is -0.131. The van der Waals surface area contributed by atoms with E-state index in [9.17, 15) is 13.2 Å². The Morgan fingerprint density at radius 3 is 2.12 bits per heavy atom. The molecule has 0 saturated carbocycles. The van der Waals surface area contributed by atoms with Crippen LogP contribution in [0.1, 0.15) is 18.4 Å². The fraction of sp³-hybridized carbons (Fsp3) is 0.316. The van der Waals surface area contributed by atoms with E-state index in [4.69, 9.17) is 0 Å². The first-order valence-electron chi connectivity index (χ1n) is 8.46. The molecular formula is C19H22N2O3S. The third kappa shape index (κ3) is 4.46. The highest BCUT2D eigenvalue weighted by atomic mass is 32.2. The Labute approximate surface area is 148 Å². The van der Waals surface area contributed by atoms with Gasteiger partial charge >= 0.3 is 0 Å². The number of hydrogen-bond acceptors (Lipinski definition) is 3. The van der Waals surface area contributed by atoms with Gasteiger partial charge in [-0.2, -0.15) is 4.72 Å². The first-order valence-corrected chi connectivity index (χ1v) is 9.95. The quantitative estimate of drug-likeness (QED) is 0.861. The predicted octanol–water partition coefficient (Wildman–Crippen LogP) is 2.20. The van der Waals surface area contributed by atoms with Gasteiger partial charge in [-0.3, -0.25) is 4.79 Å². The van der Waals surface area contributed by atoms with Crippen LogP contribution >= 0.6 is 0 Å². The summed E-state index contributed by atoms with van der Waals surface area (Å²) in [6.45, 7) is 1.38. The topological polar surface area (TPSA) is 66.5 Å².